The number of hydrogen-bond donors (Lipinski definition) is 1. The predicted octanol–water partition coefficient (Wildman–Crippen LogP) is 4.89. The minimum atomic E-state index is -4.47. The first-order valence-corrected chi connectivity index (χ1v) is 9.64. The van der Waals surface area contributed by atoms with Crippen LogP contribution in [0, 0.1) is 0 Å². The van der Waals surface area contributed by atoms with E-state index in [0.29, 0.717) is 6.04 Å². The van der Waals surface area contributed by atoms with E-state index in [1.807, 2.05) is 0 Å². The van der Waals surface area contributed by atoms with E-state index in [4.69, 9.17) is 11.6 Å². The van der Waals surface area contributed by atoms with Crippen molar-refractivity contribution < 1.29 is 18.0 Å². The highest BCUT2D eigenvalue weighted by Crippen LogP contribution is 2.32. The third kappa shape index (κ3) is 4.71. The molecule has 1 aliphatic heterocycles. The van der Waals surface area contributed by atoms with Gasteiger partial charge in [-0.2, -0.15) is 13.2 Å². The lowest BCUT2D eigenvalue weighted by Gasteiger charge is -2.39. The Labute approximate surface area is 156 Å². The second-order valence-electron chi connectivity index (χ2n) is 7.27. The van der Waals surface area contributed by atoms with Crippen LogP contribution in [-0.2, 0) is 6.18 Å². The number of carbonyl (C=O) groups is 1. The molecule has 0 bridgehead atoms. The van der Waals surface area contributed by atoms with Gasteiger partial charge in [0.1, 0.15) is 0 Å². The van der Waals surface area contributed by atoms with Crippen LogP contribution in [-0.4, -0.2) is 36.0 Å². The second-order valence-corrected chi connectivity index (χ2v) is 7.68. The minimum Gasteiger partial charge on any atom is -0.349 e. The summed E-state index contributed by atoms with van der Waals surface area (Å²) in [7, 11) is 0. The summed E-state index contributed by atoms with van der Waals surface area (Å²) in [6.45, 7) is 1.91. The van der Waals surface area contributed by atoms with Gasteiger partial charge in [0.15, 0.2) is 0 Å². The predicted molar refractivity (Wildman–Crippen MR) is 95.4 cm³/mol. The van der Waals surface area contributed by atoms with E-state index >= 15 is 0 Å². The van der Waals surface area contributed by atoms with Crippen molar-refractivity contribution in [1.29, 1.82) is 0 Å². The van der Waals surface area contributed by atoms with Crippen molar-refractivity contribution in [2.24, 2.45) is 0 Å². The first-order valence-electron chi connectivity index (χ1n) is 9.26. The molecular weight excluding hydrogens is 365 g/mol. The Morgan fingerprint density at radius 3 is 2.31 bits per heavy atom. The Morgan fingerprint density at radius 1 is 1.08 bits per heavy atom. The smallest absolute Gasteiger partial charge is 0.349 e. The number of nitrogens with zero attached hydrogens (tertiary/aromatic N) is 1. The summed E-state index contributed by atoms with van der Waals surface area (Å²) < 4.78 is 38.1. The molecule has 3 rings (SSSR count). The summed E-state index contributed by atoms with van der Waals surface area (Å²) >= 11 is 5.90. The van der Waals surface area contributed by atoms with Crippen molar-refractivity contribution in [3.05, 3.63) is 34.3 Å². The maximum Gasteiger partial charge on any atom is 0.416 e. The van der Waals surface area contributed by atoms with E-state index in [0.717, 1.165) is 44.1 Å². The van der Waals surface area contributed by atoms with Gasteiger partial charge in [0.05, 0.1) is 16.1 Å². The quantitative estimate of drug-likeness (QED) is 0.799. The van der Waals surface area contributed by atoms with Crippen LogP contribution in [0.15, 0.2) is 18.2 Å². The molecule has 1 amide bonds. The molecule has 0 unspecified atom stereocenters. The Morgan fingerprint density at radius 2 is 1.73 bits per heavy atom. The summed E-state index contributed by atoms with van der Waals surface area (Å²) in [5.74, 6) is -0.403. The lowest BCUT2D eigenvalue weighted by molar-refractivity contribution is -0.137. The van der Waals surface area contributed by atoms with Crippen LogP contribution in [0.4, 0.5) is 13.2 Å². The molecule has 0 radical (unpaired) electrons. The number of nitrogens with one attached hydrogen (secondary N) is 1. The lowest BCUT2D eigenvalue weighted by atomic mass is 9.92. The van der Waals surface area contributed by atoms with Gasteiger partial charge in [-0.1, -0.05) is 30.9 Å². The Hall–Kier alpha value is -1.27. The van der Waals surface area contributed by atoms with Crippen LogP contribution in [0.1, 0.15) is 60.9 Å². The topological polar surface area (TPSA) is 32.3 Å². The average molecular weight is 389 g/mol. The number of rotatable bonds is 3. The maximum atomic E-state index is 12.7. The summed E-state index contributed by atoms with van der Waals surface area (Å²) in [6, 6.07) is 3.57. The van der Waals surface area contributed by atoms with Crippen molar-refractivity contribution >= 4 is 17.5 Å². The van der Waals surface area contributed by atoms with Gasteiger partial charge in [-0.05, 0) is 43.9 Å². The molecule has 1 heterocycles. The van der Waals surface area contributed by atoms with E-state index in [2.05, 4.69) is 10.2 Å². The molecule has 0 spiro atoms. The Balaban J connectivity index is 1.54. The summed E-state index contributed by atoms with van der Waals surface area (Å²) in [6.07, 6.45) is 3.71. The van der Waals surface area contributed by atoms with E-state index in [9.17, 15) is 18.0 Å². The molecular formula is C19H24ClF3N2O. The van der Waals surface area contributed by atoms with Crippen LogP contribution in [0.5, 0.6) is 0 Å². The second kappa shape index (κ2) is 8.17. The number of alkyl halides is 3. The highest BCUT2D eigenvalue weighted by atomic mass is 35.5. The number of benzene rings is 1. The molecule has 3 nitrogen and oxygen atoms in total. The minimum absolute atomic E-state index is 0.0423. The first-order chi connectivity index (χ1) is 12.3. The molecule has 7 heteroatoms. The van der Waals surface area contributed by atoms with Crippen LogP contribution in [0.3, 0.4) is 0 Å². The van der Waals surface area contributed by atoms with Gasteiger partial charge in [-0.3, -0.25) is 4.79 Å². The van der Waals surface area contributed by atoms with Crippen molar-refractivity contribution in [3.63, 3.8) is 0 Å². The zero-order valence-electron chi connectivity index (χ0n) is 14.6. The fraction of sp³-hybridized carbons (Fsp3) is 0.632. The summed E-state index contributed by atoms with van der Waals surface area (Å²) in [5.41, 5.74) is -0.755. The SMILES string of the molecule is O=C(NC1CCN(C2CCCCC2)CC1)c1ccc(C(F)(F)F)cc1Cl. The third-order valence-corrected chi connectivity index (χ3v) is 5.81. The molecule has 1 saturated carbocycles. The van der Waals surface area contributed by atoms with Crippen LogP contribution in [0.25, 0.3) is 0 Å². The van der Waals surface area contributed by atoms with Gasteiger partial charge >= 0.3 is 6.18 Å². The van der Waals surface area contributed by atoms with E-state index in [-0.39, 0.29) is 16.6 Å². The van der Waals surface area contributed by atoms with Gasteiger partial charge in [0.25, 0.3) is 5.91 Å². The van der Waals surface area contributed by atoms with Gasteiger partial charge in [-0.15, -0.1) is 0 Å². The van der Waals surface area contributed by atoms with Gasteiger partial charge < -0.3 is 10.2 Å². The van der Waals surface area contributed by atoms with Crippen LogP contribution < -0.4 is 5.32 Å². The lowest BCUT2D eigenvalue weighted by Crippen LogP contribution is -2.48. The molecule has 1 aromatic rings. The van der Waals surface area contributed by atoms with Crippen molar-refractivity contribution in [3.8, 4) is 0 Å². The number of hydrogen-bond acceptors (Lipinski definition) is 2. The number of carbonyl (C=O) groups excluding carboxylic acids is 1. The van der Waals surface area contributed by atoms with Crippen molar-refractivity contribution in [2.75, 3.05) is 13.1 Å². The summed E-state index contributed by atoms with van der Waals surface area (Å²) in [4.78, 5) is 14.9. The van der Waals surface area contributed by atoms with Crippen LogP contribution in [0.2, 0.25) is 5.02 Å². The maximum absolute atomic E-state index is 12.7. The van der Waals surface area contributed by atoms with Crippen LogP contribution >= 0.6 is 11.6 Å². The van der Waals surface area contributed by atoms with Gasteiger partial charge in [0, 0.05) is 25.2 Å². The van der Waals surface area contributed by atoms with E-state index in [1.54, 1.807) is 0 Å². The van der Waals surface area contributed by atoms with E-state index < -0.39 is 17.6 Å². The standard InChI is InChI=1S/C19H24ClF3N2O/c20-17-12-13(19(21,22)23)6-7-16(17)18(26)24-14-8-10-25(11-9-14)15-4-2-1-3-5-15/h6-7,12,14-15H,1-5,8-11H2,(H,24,26). The zero-order chi connectivity index (χ0) is 18.7. The number of amides is 1. The van der Waals surface area contributed by atoms with Crippen molar-refractivity contribution in [2.45, 2.75) is 63.2 Å². The fourth-order valence-electron chi connectivity index (χ4n) is 3.99. The van der Waals surface area contributed by atoms with Gasteiger partial charge in [-0.25, -0.2) is 0 Å². The molecule has 0 atom stereocenters. The third-order valence-electron chi connectivity index (χ3n) is 5.50. The highest BCUT2D eigenvalue weighted by molar-refractivity contribution is 6.33. The molecule has 1 N–H and O–H groups in total. The highest BCUT2D eigenvalue weighted by Gasteiger charge is 2.32. The first kappa shape index (κ1) is 19.5. The average Bonchev–Trinajstić information content (AvgIpc) is 2.62. The van der Waals surface area contributed by atoms with Crippen molar-refractivity contribution in [1.82, 2.24) is 10.2 Å². The molecule has 26 heavy (non-hydrogen) atoms. The summed E-state index contributed by atoms with van der Waals surface area (Å²) in [5, 5.41) is 2.76. The largest absolute Gasteiger partial charge is 0.416 e. The number of likely N-dealkylation sites (tertiary alicyclic amines) is 1. The fourth-order valence-corrected chi connectivity index (χ4v) is 4.26. The van der Waals surface area contributed by atoms with E-state index in [1.165, 1.54) is 32.1 Å². The molecule has 1 aromatic carbocycles. The molecule has 2 fully saturated rings. The molecule has 1 aliphatic carbocycles. The monoisotopic (exact) mass is 388 g/mol. The number of piperidine rings is 1. The molecule has 144 valence electrons. The Bertz CT molecular complexity index is 636. The molecule has 2 aliphatic rings. The zero-order valence-corrected chi connectivity index (χ0v) is 15.4. The number of halogens is 4. The Kier molecular flexibility index (Phi) is 6.13. The molecule has 1 saturated heterocycles. The normalized spacial score (nSPS) is 20.9. The molecule has 0 aromatic heterocycles. The van der Waals surface area contributed by atoms with Gasteiger partial charge in [0.2, 0.25) is 0 Å².